The monoisotopic (exact) mass is 526 g/mol. The number of nitrogens with one attached hydrogen (secondary N) is 1. The zero-order valence-electron chi connectivity index (χ0n) is 18.4. The molecule has 6 nitrogen and oxygen atoms in total. The molecule has 1 saturated heterocycles. The fourth-order valence-corrected chi connectivity index (χ4v) is 6.10. The molecule has 2 aliphatic rings. The number of carbonyl (C=O) groups is 1. The van der Waals surface area contributed by atoms with E-state index in [2.05, 4.69) is 5.32 Å². The first-order valence-corrected chi connectivity index (χ1v) is 12.7. The SMILES string of the molecule is O=C(Nc1cc(F)c(F)c(F)c1)c1ccc(Cl)c(S(=O)(=O)N2CCC(O)(C3=CCCC=C3)CC2)c1. The molecule has 0 aromatic heterocycles. The van der Waals surface area contributed by atoms with Crippen molar-refractivity contribution in [3.63, 3.8) is 0 Å². The van der Waals surface area contributed by atoms with Crippen molar-refractivity contribution < 1.29 is 31.5 Å². The molecule has 1 fully saturated rings. The molecule has 0 unspecified atom stereocenters. The molecule has 35 heavy (non-hydrogen) atoms. The molecule has 11 heteroatoms. The van der Waals surface area contributed by atoms with Crippen molar-refractivity contribution in [2.24, 2.45) is 0 Å². The molecule has 0 spiro atoms. The van der Waals surface area contributed by atoms with Gasteiger partial charge >= 0.3 is 0 Å². The first kappa shape index (κ1) is 25.4. The largest absolute Gasteiger partial charge is 0.385 e. The van der Waals surface area contributed by atoms with E-state index in [9.17, 15) is 31.5 Å². The molecule has 1 amide bonds. The third kappa shape index (κ3) is 5.16. The molecular weight excluding hydrogens is 505 g/mol. The molecule has 1 aliphatic carbocycles. The number of rotatable bonds is 5. The van der Waals surface area contributed by atoms with Gasteiger partial charge in [0, 0.05) is 36.5 Å². The van der Waals surface area contributed by atoms with Crippen LogP contribution in [0.2, 0.25) is 5.02 Å². The van der Waals surface area contributed by atoms with Crippen molar-refractivity contribution in [3.8, 4) is 0 Å². The summed E-state index contributed by atoms with van der Waals surface area (Å²) in [6.07, 6.45) is 7.91. The summed E-state index contributed by atoms with van der Waals surface area (Å²) in [4.78, 5) is 12.3. The Kier molecular flexibility index (Phi) is 7.10. The zero-order valence-corrected chi connectivity index (χ0v) is 20.0. The number of benzene rings is 2. The lowest BCUT2D eigenvalue weighted by atomic mass is 9.82. The summed E-state index contributed by atoms with van der Waals surface area (Å²) in [6, 6.07) is 4.76. The summed E-state index contributed by atoms with van der Waals surface area (Å²) in [5.74, 6) is -5.51. The van der Waals surface area contributed by atoms with Crippen molar-refractivity contribution in [1.29, 1.82) is 0 Å². The molecule has 1 heterocycles. The van der Waals surface area contributed by atoms with Crippen LogP contribution in [0.1, 0.15) is 36.0 Å². The Labute approximate surface area is 205 Å². The Morgan fingerprint density at radius 1 is 1.06 bits per heavy atom. The second kappa shape index (κ2) is 9.77. The van der Waals surface area contributed by atoms with Gasteiger partial charge in [-0.2, -0.15) is 4.31 Å². The first-order chi connectivity index (χ1) is 16.5. The van der Waals surface area contributed by atoms with Gasteiger partial charge in [0.1, 0.15) is 4.90 Å². The molecule has 0 bridgehead atoms. The van der Waals surface area contributed by atoms with Crippen LogP contribution in [0.25, 0.3) is 0 Å². The van der Waals surface area contributed by atoms with Crippen LogP contribution in [0.15, 0.2) is 59.0 Å². The Morgan fingerprint density at radius 2 is 1.71 bits per heavy atom. The Balaban J connectivity index is 1.53. The number of amides is 1. The maximum absolute atomic E-state index is 13.5. The molecule has 0 radical (unpaired) electrons. The van der Waals surface area contributed by atoms with Crippen LogP contribution in [0.4, 0.5) is 18.9 Å². The Bertz CT molecular complexity index is 1310. The summed E-state index contributed by atoms with van der Waals surface area (Å²) in [7, 11) is -4.12. The number of carbonyl (C=O) groups excluding carboxylic acids is 1. The highest BCUT2D eigenvalue weighted by Crippen LogP contribution is 2.35. The number of allylic oxidation sites excluding steroid dienone is 2. The number of hydrogen-bond donors (Lipinski definition) is 2. The van der Waals surface area contributed by atoms with E-state index in [0.717, 1.165) is 24.5 Å². The van der Waals surface area contributed by atoms with Gasteiger partial charge in [0.15, 0.2) is 17.5 Å². The van der Waals surface area contributed by atoms with Crippen molar-refractivity contribution in [1.82, 2.24) is 4.31 Å². The third-order valence-corrected chi connectivity index (χ3v) is 8.52. The van der Waals surface area contributed by atoms with E-state index in [1.165, 1.54) is 16.4 Å². The van der Waals surface area contributed by atoms with Gasteiger partial charge < -0.3 is 10.4 Å². The van der Waals surface area contributed by atoms with Gasteiger partial charge in [-0.25, -0.2) is 21.6 Å². The van der Waals surface area contributed by atoms with E-state index in [0.29, 0.717) is 12.1 Å². The molecule has 186 valence electrons. The molecule has 4 rings (SSSR count). The lowest BCUT2D eigenvalue weighted by Crippen LogP contribution is -2.47. The standard InChI is InChI=1S/C24H22ClF3N2O4S/c25-18-7-6-15(23(31)29-17-13-19(26)22(28)20(27)14-17)12-21(18)35(33,34)30-10-8-24(32,9-11-30)16-4-2-1-3-5-16/h2,4-7,12-14,32H,1,3,8-11H2,(H,29,31). The first-order valence-electron chi connectivity index (χ1n) is 10.9. The number of sulfonamides is 1. The molecule has 0 atom stereocenters. The highest BCUT2D eigenvalue weighted by atomic mass is 35.5. The average Bonchev–Trinajstić information content (AvgIpc) is 2.83. The van der Waals surface area contributed by atoms with Crippen molar-refractivity contribution >= 4 is 33.2 Å². The predicted molar refractivity (Wildman–Crippen MR) is 125 cm³/mol. The average molecular weight is 527 g/mol. The smallest absolute Gasteiger partial charge is 0.255 e. The Hall–Kier alpha value is -2.66. The molecule has 2 aromatic carbocycles. The van der Waals surface area contributed by atoms with Crippen LogP contribution in [-0.4, -0.2) is 42.4 Å². The summed E-state index contributed by atoms with van der Waals surface area (Å²) in [6.45, 7) is 0.0931. The lowest BCUT2D eigenvalue weighted by Gasteiger charge is -2.39. The predicted octanol–water partition coefficient (Wildman–Crippen LogP) is 4.80. The van der Waals surface area contributed by atoms with Crippen LogP contribution in [0.3, 0.4) is 0 Å². The number of nitrogens with zero attached hydrogens (tertiary/aromatic N) is 1. The van der Waals surface area contributed by atoms with Crippen LogP contribution in [0, 0.1) is 17.5 Å². The molecule has 2 aromatic rings. The quantitative estimate of drug-likeness (QED) is 0.548. The zero-order chi connectivity index (χ0) is 25.4. The normalized spacial score (nSPS) is 18.3. The van der Waals surface area contributed by atoms with Crippen molar-refractivity contribution in [2.75, 3.05) is 18.4 Å². The van der Waals surface area contributed by atoms with E-state index < -0.39 is 39.0 Å². The van der Waals surface area contributed by atoms with E-state index in [4.69, 9.17) is 11.6 Å². The third-order valence-electron chi connectivity index (χ3n) is 6.13. The number of halogens is 4. The maximum atomic E-state index is 13.5. The fraction of sp³-hybridized carbons (Fsp3) is 0.292. The van der Waals surface area contributed by atoms with Gasteiger partial charge in [-0.3, -0.25) is 4.79 Å². The van der Waals surface area contributed by atoms with Gasteiger partial charge in [-0.15, -0.1) is 0 Å². The topological polar surface area (TPSA) is 86.7 Å². The molecular formula is C24H22ClF3N2O4S. The Morgan fingerprint density at radius 3 is 2.31 bits per heavy atom. The number of hydrogen-bond acceptors (Lipinski definition) is 4. The van der Waals surface area contributed by atoms with Crippen LogP contribution < -0.4 is 5.32 Å². The molecule has 0 saturated carbocycles. The highest BCUT2D eigenvalue weighted by Gasteiger charge is 2.39. The van der Waals surface area contributed by atoms with E-state index in [1.807, 2.05) is 18.2 Å². The number of anilines is 1. The van der Waals surface area contributed by atoms with Crippen LogP contribution in [-0.2, 0) is 10.0 Å². The second-order valence-corrected chi connectivity index (χ2v) is 10.7. The van der Waals surface area contributed by atoms with Gasteiger partial charge in [0.2, 0.25) is 10.0 Å². The summed E-state index contributed by atoms with van der Waals surface area (Å²) < 4.78 is 67.9. The van der Waals surface area contributed by atoms with Crippen LogP contribution in [0.5, 0.6) is 0 Å². The van der Waals surface area contributed by atoms with E-state index >= 15 is 0 Å². The van der Waals surface area contributed by atoms with Gasteiger partial charge in [0.25, 0.3) is 5.91 Å². The summed E-state index contributed by atoms with van der Waals surface area (Å²) in [5, 5.41) is 13.1. The summed E-state index contributed by atoms with van der Waals surface area (Å²) in [5.41, 5.74) is -0.809. The van der Waals surface area contributed by atoms with E-state index in [1.54, 1.807) is 0 Å². The van der Waals surface area contributed by atoms with Gasteiger partial charge in [-0.05, 0) is 49.5 Å². The maximum Gasteiger partial charge on any atom is 0.255 e. The molecule has 1 aliphatic heterocycles. The lowest BCUT2D eigenvalue weighted by molar-refractivity contribution is 0.0314. The van der Waals surface area contributed by atoms with Crippen LogP contribution >= 0.6 is 11.6 Å². The minimum absolute atomic E-state index is 0.0465. The minimum atomic E-state index is -4.12. The highest BCUT2D eigenvalue weighted by molar-refractivity contribution is 7.89. The minimum Gasteiger partial charge on any atom is -0.385 e. The second-order valence-electron chi connectivity index (χ2n) is 8.43. The van der Waals surface area contributed by atoms with E-state index in [-0.39, 0.29) is 47.1 Å². The van der Waals surface area contributed by atoms with Gasteiger partial charge in [-0.1, -0.05) is 29.8 Å². The molecule has 2 N–H and O–H groups in total. The summed E-state index contributed by atoms with van der Waals surface area (Å²) >= 11 is 6.16. The number of piperidine rings is 1. The van der Waals surface area contributed by atoms with Crippen molar-refractivity contribution in [2.45, 2.75) is 36.2 Å². The fourth-order valence-electron chi connectivity index (χ4n) is 4.16. The number of aliphatic hydroxyl groups is 1. The van der Waals surface area contributed by atoms with Gasteiger partial charge in [0.05, 0.1) is 10.6 Å². The van der Waals surface area contributed by atoms with Crippen molar-refractivity contribution in [3.05, 3.63) is 82.2 Å².